The molecule has 1 atom stereocenters. The molecular weight excluding hydrogens is 262 g/mol. The molecule has 21 heavy (non-hydrogen) atoms. The molecule has 4 rings (SSSR count). The molecule has 0 amide bonds. The first-order valence-electron chi connectivity index (χ1n) is 7.89. The summed E-state index contributed by atoms with van der Waals surface area (Å²) in [5.74, 6) is 1.24. The summed E-state index contributed by atoms with van der Waals surface area (Å²) >= 11 is 0. The number of nitrogens with zero attached hydrogens (tertiary/aromatic N) is 2. The number of aromatic nitrogens is 2. The second kappa shape index (κ2) is 5.53. The molecule has 1 unspecified atom stereocenters. The SMILES string of the molecule is c1cc(NC2CCOC2)cc(-c2cn3c(n2)CCCC3)c1. The van der Waals surface area contributed by atoms with E-state index in [1.165, 1.54) is 24.2 Å². The number of hydrogen-bond donors (Lipinski definition) is 1. The van der Waals surface area contributed by atoms with Crippen LogP contribution in [0.2, 0.25) is 0 Å². The van der Waals surface area contributed by atoms with Crippen LogP contribution in [0.25, 0.3) is 11.3 Å². The van der Waals surface area contributed by atoms with Crippen LogP contribution in [0.1, 0.15) is 25.1 Å². The topological polar surface area (TPSA) is 39.1 Å². The fraction of sp³-hybridized carbons (Fsp3) is 0.471. The fourth-order valence-corrected chi connectivity index (χ4v) is 3.20. The van der Waals surface area contributed by atoms with E-state index in [1.807, 2.05) is 0 Å². The molecule has 2 aliphatic rings. The molecule has 0 bridgehead atoms. The Morgan fingerprint density at radius 2 is 2.29 bits per heavy atom. The Bertz CT molecular complexity index is 605. The minimum absolute atomic E-state index is 0.440. The number of anilines is 1. The van der Waals surface area contributed by atoms with Crippen LogP contribution in [0.4, 0.5) is 5.69 Å². The van der Waals surface area contributed by atoms with Gasteiger partial charge in [-0.2, -0.15) is 0 Å². The maximum absolute atomic E-state index is 5.42. The zero-order chi connectivity index (χ0) is 14.1. The van der Waals surface area contributed by atoms with Crippen LogP contribution in [0.5, 0.6) is 0 Å². The second-order valence-corrected chi connectivity index (χ2v) is 5.98. The molecule has 110 valence electrons. The van der Waals surface area contributed by atoms with Crippen molar-refractivity contribution in [3.63, 3.8) is 0 Å². The van der Waals surface area contributed by atoms with Crippen molar-refractivity contribution >= 4 is 5.69 Å². The lowest BCUT2D eigenvalue weighted by Crippen LogP contribution is -2.18. The average Bonchev–Trinajstić information content (AvgIpc) is 3.16. The van der Waals surface area contributed by atoms with Crippen LogP contribution >= 0.6 is 0 Å². The zero-order valence-electron chi connectivity index (χ0n) is 12.2. The van der Waals surface area contributed by atoms with E-state index in [1.54, 1.807) is 0 Å². The molecule has 0 aliphatic carbocycles. The van der Waals surface area contributed by atoms with Crippen molar-refractivity contribution in [2.75, 3.05) is 18.5 Å². The molecule has 1 aromatic carbocycles. The Labute approximate surface area is 125 Å². The van der Waals surface area contributed by atoms with E-state index in [4.69, 9.17) is 9.72 Å². The van der Waals surface area contributed by atoms with Gasteiger partial charge in [-0.3, -0.25) is 0 Å². The first-order valence-corrected chi connectivity index (χ1v) is 7.89. The molecule has 0 saturated carbocycles. The maximum atomic E-state index is 5.42. The van der Waals surface area contributed by atoms with Crippen molar-refractivity contribution in [3.8, 4) is 11.3 Å². The van der Waals surface area contributed by atoms with Crippen LogP contribution in [-0.4, -0.2) is 28.8 Å². The van der Waals surface area contributed by atoms with E-state index in [9.17, 15) is 0 Å². The highest BCUT2D eigenvalue weighted by atomic mass is 16.5. The van der Waals surface area contributed by atoms with E-state index in [2.05, 4.69) is 40.3 Å². The highest BCUT2D eigenvalue weighted by Gasteiger charge is 2.16. The number of benzene rings is 1. The first-order chi connectivity index (χ1) is 10.4. The summed E-state index contributed by atoms with van der Waals surface area (Å²) < 4.78 is 7.73. The summed E-state index contributed by atoms with van der Waals surface area (Å²) in [6.07, 6.45) is 6.93. The van der Waals surface area contributed by atoms with Crippen molar-refractivity contribution in [3.05, 3.63) is 36.3 Å². The van der Waals surface area contributed by atoms with Crippen LogP contribution in [0.3, 0.4) is 0 Å². The third-order valence-corrected chi connectivity index (χ3v) is 4.37. The van der Waals surface area contributed by atoms with Gasteiger partial charge in [0.05, 0.1) is 18.3 Å². The van der Waals surface area contributed by atoms with E-state index < -0.39 is 0 Å². The van der Waals surface area contributed by atoms with Gasteiger partial charge in [0.25, 0.3) is 0 Å². The number of aryl methyl sites for hydroxylation is 2. The van der Waals surface area contributed by atoms with Gasteiger partial charge in [-0.1, -0.05) is 12.1 Å². The molecule has 4 heteroatoms. The summed E-state index contributed by atoms with van der Waals surface area (Å²) in [4.78, 5) is 4.80. The van der Waals surface area contributed by atoms with Gasteiger partial charge in [-0.15, -0.1) is 0 Å². The monoisotopic (exact) mass is 283 g/mol. The van der Waals surface area contributed by atoms with E-state index >= 15 is 0 Å². The predicted octanol–water partition coefficient (Wildman–Crippen LogP) is 3.09. The standard InChI is InChI=1S/C17H21N3O/c1-2-8-20-11-16(19-17(20)6-1)13-4-3-5-14(10-13)18-15-7-9-21-12-15/h3-5,10-11,15,18H,1-2,6-9,12H2. The predicted molar refractivity (Wildman–Crippen MR) is 83.4 cm³/mol. The number of imidazole rings is 1. The first kappa shape index (κ1) is 12.9. The molecule has 2 aliphatic heterocycles. The normalized spacial score (nSPS) is 21.2. The van der Waals surface area contributed by atoms with Crippen molar-refractivity contribution in [2.24, 2.45) is 0 Å². The molecule has 2 aromatic rings. The highest BCUT2D eigenvalue weighted by molar-refractivity contribution is 5.65. The zero-order valence-corrected chi connectivity index (χ0v) is 12.2. The number of rotatable bonds is 3. The largest absolute Gasteiger partial charge is 0.380 e. The molecule has 1 saturated heterocycles. The van der Waals surface area contributed by atoms with Gasteiger partial charge in [-0.05, 0) is 31.4 Å². The van der Waals surface area contributed by atoms with Gasteiger partial charge in [0.2, 0.25) is 0 Å². The lowest BCUT2D eigenvalue weighted by atomic mass is 10.1. The minimum atomic E-state index is 0.440. The summed E-state index contributed by atoms with van der Waals surface area (Å²) in [5, 5.41) is 3.55. The molecule has 1 aromatic heterocycles. The van der Waals surface area contributed by atoms with Crippen molar-refractivity contribution < 1.29 is 4.74 Å². The molecule has 0 spiro atoms. The Morgan fingerprint density at radius 3 is 3.14 bits per heavy atom. The Kier molecular flexibility index (Phi) is 3.39. The third kappa shape index (κ3) is 2.68. The van der Waals surface area contributed by atoms with E-state index in [0.29, 0.717) is 6.04 Å². The van der Waals surface area contributed by atoms with Crippen LogP contribution in [0.15, 0.2) is 30.5 Å². The number of nitrogens with one attached hydrogen (secondary N) is 1. The van der Waals surface area contributed by atoms with E-state index in [0.717, 1.165) is 44.0 Å². The Hall–Kier alpha value is -1.81. The van der Waals surface area contributed by atoms with Gasteiger partial charge >= 0.3 is 0 Å². The van der Waals surface area contributed by atoms with Gasteiger partial charge in [0.1, 0.15) is 5.82 Å². The van der Waals surface area contributed by atoms with Gasteiger partial charge in [0, 0.05) is 37.0 Å². The fourth-order valence-electron chi connectivity index (χ4n) is 3.20. The maximum Gasteiger partial charge on any atom is 0.109 e. The number of ether oxygens (including phenoxy) is 1. The molecule has 1 N–H and O–H groups in total. The van der Waals surface area contributed by atoms with Crippen LogP contribution in [-0.2, 0) is 17.7 Å². The Balaban J connectivity index is 1.58. The van der Waals surface area contributed by atoms with Gasteiger partial charge < -0.3 is 14.6 Å². The van der Waals surface area contributed by atoms with Crippen molar-refractivity contribution in [2.45, 2.75) is 38.3 Å². The van der Waals surface area contributed by atoms with Crippen LogP contribution in [0, 0.1) is 0 Å². The minimum Gasteiger partial charge on any atom is -0.380 e. The van der Waals surface area contributed by atoms with E-state index in [-0.39, 0.29) is 0 Å². The lowest BCUT2D eigenvalue weighted by Gasteiger charge is -2.12. The summed E-state index contributed by atoms with van der Waals surface area (Å²) in [5.41, 5.74) is 3.45. The smallest absolute Gasteiger partial charge is 0.109 e. The highest BCUT2D eigenvalue weighted by Crippen LogP contribution is 2.25. The van der Waals surface area contributed by atoms with Crippen LogP contribution < -0.4 is 5.32 Å². The number of fused-ring (bicyclic) bond motifs is 1. The Morgan fingerprint density at radius 1 is 1.29 bits per heavy atom. The summed E-state index contributed by atoms with van der Waals surface area (Å²) in [7, 11) is 0. The van der Waals surface area contributed by atoms with Gasteiger partial charge in [0.15, 0.2) is 0 Å². The lowest BCUT2D eigenvalue weighted by molar-refractivity contribution is 0.195. The quantitative estimate of drug-likeness (QED) is 0.941. The summed E-state index contributed by atoms with van der Waals surface area (Å²) in [6, 6.07) is 9.01. The van der Waals surface area contributed by atoms with Crippen molar-refractivity contribution in [1.82, 2.24) is 9.55 Å². The molecule has 4 nitrogen and oxygen atoms in total. The molecule has 1 fully saturated rings. The van der Waals surface area contributed by atoms with Crippen molar-refractivity contribution in [1.29, 1.82) is 0 Å². The molecule has 3 heterocycles. The second-order valence-electron chi connectivity index (χ2n) is 5.98. The number of hydrogen-bond acceptors (Lipinski definition) is 3. The third-order valence-electron chi connectivity index (χ3n) is 4.37. The summed E-state index contributed by atoms with van der Waals surface area (Å²) in [6.45, 7) is 2.79. The molecule has 0 radical (unpaired) electrons. The van der Waals surface area contributed by atoms with Gasteiger partial charge in [-0.25, -0.2) is 4.98 Å². The molecular formula is C17H21N3O. The average molecular weight is 283 g/mol.